The van der Waals surface area contributed by atoms with E-state index in [9.17, 15) is 8.42 Å². The third-order valence-corrected chi connectivity index (χ3v) is 2.60. The topological polar surface area (TPSA) is 93.3 Å². The van der Waals surface area contributed by atoms with Crippen molar-refractivity contribution in [1.82, 2.24) is 4.98 Å². The Kier molecular flexibility index (Phi) is 6.87. The van der Waals surface area contributed by atoms with Gasteiger partial charge in [-0.1, -0.05) is 13.0 Å². The standard InChI is InChI=1S/C8H12N2.C2H6O3S/c1-2-7(9)8-5-3-4-6-10-8;1-2-6(3,4)5/h3-7H,2,9H2,1H3;2H2,1H3,(H,3,4,5). The van der Waals surface area contributed by atoms with Crippen LogP contribution in [-0.2, 0) is 10.1 Å². The Morgan fingerprint density at radius 3 is 2.31 bits per heavy atom. The molecule has 0 radical (unpaired) electrons. The summed E-state index contributed by atoms with van der Waals surface area (Å²) < 4.78 is 26.9. The van der Waals surface area contributed by atoms with Crippen LogP contribution in [0.25, 0.3) is 0 Å². The lowest BCUT2D eigenvalue weighted by molar-refractivity contribution is 0.484. The zero-order chi connectivity index (χ0) is 12.6. The smallest absolute Gasteiger partial charge is 0.264 e. The molecule has 1 atom stereocenters. The molecule has 0 saturated carbocycles. The van der Waals surface area contributed by atoms with Gasteiger partial charge in [-0.2, -0.15) is 8.42 Å². The number of aromatic nitrogens is 1. The molecule has 16 heavy (non-hydrogen) atoms. The summed E-state index contributed by atoms with van der Waals surface area (Å²) in [6, 6.07) is 5.90. The Morgan fingerprint density at radius 1 is 1.44 bits per heavy atom. The normalized spacial score (nSPS) is 12.5. The van der Waals surface area contributed by atoms with Gasteiger partial charge in [-0.25, -0.2) is 0 Å². The van der Waals surface area contributed by atoms with Gasteiger partial charge in [0.25, 0.3) is 10.1 Å². The molecule has 0 aliphatic carbocycles. The molecular formula is C10H18N2O3S. The van der Waals surface area contributed by atoms with Gasteiger partial charge >= 0.3 is 0 Å². The van der Waals surface area contributed by atoms with E-state index in [1.54, 1.807) is 6.20 Å². The van der Waals surface area contributed by atoms with Crippen molar-refractivity contribution in [2.45, 2.75) is 26.3 Å². The van der Waals surface area contributed by atoms with E-state index in [-0.39, 0.29) is 11.8 Å². The molecule has 0 bridgehead atoms. The molecule has 0 aromatic carbocycles. The summed E-state index contributed by atoms with van der Waals surface area (Å²) in [6.07, 6.45) is 2.71. The Labute approximate surface area is 96.5 Å². The minimum absolute atomic E-state index is 0.0983. The zero-order valence-corrected chi connectivity index (χ0v) is 10.3. The van der Waals surface area contributed by atoms with Gasteiger partial charge in [0, 0.05) is 12.2 Å². The number of nitrogens with two attached hydrogens (primary N) is 1. The highest BCUT2D eigenvalue weighted by Gasteiger charge is 2.01. The summed E-state index contributed by atoms with van der Waals surface area (Å²) >= 11 is 0. The molecule has 1 heterocycles. The molecular weight excluding hydrogens is 228 g/mol. The van der Waals surface area contributed by atoms with E-state index >= 15 is 0 Å². The predicted molar refractivity (Wildman–Crippen MR) is 63.5 cm³/mol. The number of hydrogen-bond acceptors (Lipinski definition) is 4. The molecule has 0 aliphatic heterocycles. The highest BCUT2D eigenvalue weighted by molar-refractivity contribution is 7.85. The first kappa shape index (κ1) is 15.0. The van der Waals surface area contributed by atoms with Gasteiger partial charge in [0.1, 0.15) is 0 Å². The van der Waals surface area contributed by atoms with Crippen LogP contribution in [0.3, 0.4) is 0 Å². The minimum atomic E-state index is -3.66. The summed E-state index contributed by atoms with van der Waals surface area (Å²) in [7, 11) is -3.66. The van der Waals surface area contributed by atoms with Gasteiger partial charge < -0.3 is 5.73 Å². The maximum Gasteiger partial charge on any atom is 0.264 e. The van der Waals surface area contributed by atoms with Crippen molar-refractivity contribution in [3.8, 4) is 0 Å². The lowest BCUT2D eigenvalue weighted by atomic mass is 10.1. The molecule has 92 valence electrons. The largest absolute Gasteiger partial charge is 0.323 e. The number of rotatable bonds is 3. The maximum absolute atomic E-state index is 9.56. The summed E-state index contributed by atoms with van der Waals surface area (Å²) in [5.74, 6) is -0.201. The van der Waals surface area contributed by atoms with Crippen LogP contribution in [-0.4, -0.2) is 23.7 Å². The van der Waals surface area contributed by atoms with Gasteiger partial charge in [-0.3, -0.25) is 9.54 Å². The van der Waals surface area contributed by atoms with Crippen LogP contribution in [0.15, 0.2) is 24.4 Å². The van der Waals surface area contributed by atoms with Crippen molar-refractivity contribution < 1.29 is 13.0 Å². The van der Waals surface area contributed by atoms with Gasteiger partial charge in [0.15, 0.2) is 0 Å². The molecule has 3 N–H and O–H groups in total. The predicted octanol–water partition coefficient (Wildman–Crippen LogP) is 1.39. The second kappa shape index (κ2) is 7.32. The molecule has 0 spiro atoms. The van der Waals surface area contributed by atoms with Crippen LogP contribution in [0.2, 0.25) is 0 Å². The van der Waals surface area contributed by atoms with E-state index in [1.807, 2.05) is 18.2 Å². The van der Waals surface area contributed by atoms with Crippen LogP contribution in [0.5, 0.6) is 0 Å². The fourth-order valence-corrected chi connectivity index (χ4v) is 0.804. The summed E-state index contributed by atoms with van der Waals surface area (Å²) in [5.41, 5.74) is 6.71. The van der Waals surface area contributed by atoms with Gasteiger partial charge in [-0.15, -0.1) is 0 Å². The second-order valence-corrected chi connectivity index (χ2v) is 4.88. The molecule has 5 nitrogen and oxygen atoms in total. The van der Waals surface area contributed by atoms with Gasteiger partial charge in [0.05, 0.1) is 11.4 Å². The average Bonchev–Trinajstić information content (AvgIpc) is 2.29. The maximum atomic E-state index is 9.56. The van der Waals surface area contributed by atoms with E-state index < -0.39 is 10.1 Å². The highest BCUT2D eigenvalue weighted by Crippen LogP contribution is 2.08. The molecule has 1 rings (SSSR count). The summed E-state index contributed by atoms with van der Waals surface area (Å²) in [4.78, 5) is 4.12. The third kappa shape index (κ3) is 7.33. The molecule has 0 fully saturated rings. The Hall–Kier alpha value is -0.980. The molecule has 1 aromatic heterocycles. The Morgan fingerprint density at radius 2 is 2.00 bits per heavy atom. The van der Waals surface area contributed by atoms with Crippen molar-refractivity contribution in [1.29, 1.82) is 0 Å². The van der Waals surface area contributed by atoms with E-state index in [0.29, 0.717) is 0 Å². The van der Waals surface area contributed by atoms with Crippen molar-refractivity contribution in [3.05, 3.63) is 30.1 Å². The number of pyridine rings is 1. The van der Waals surface area contributed by atoms with Crippen LogP contribution < -0.4 is 5.73 Å². The van der Waals surface area contributed by atoms with Crippen LogP contribution in [0, 0.1) is 0 Å². The zero-order valence-electron chi connectivity index (χ0n) is 9.50. The summed E-state index contributed by atoms with van der Waals surface area (Å²) in [6.45, 7) is 3.43. The van der Waals surface area contributed by atoms with Gasteiger partial charge in [-0.05, 0) is 25.5 Å². The first-order valence-corrected chi connectivity index (χ1v) is 6.63. The van der Waals surface area contributed by atoms with Crippen LogP contribution >= 0.6 is 0 Å². The van der Waals surface area contributed by atoms with E-state index in [2.05, 4.69) is 11.9 Å². The lowest BCUT2D eigenvalue weighted by Gasteiger charge is -2.05. The molecule has 0 saturated heterocycles. The molecule has 6 heteroatoms. The van der Waals surface area contributed by atoms with Crippen LogP contribution in [0.4, 0.5) is 0 Å². The molecule has 0 amide bonds. The van der Waals surface area contributed by atoms with E-state index in [0.717, 1.165) is 12.1 Å². The Balaban J connectivity index is 0.000000325. The average molecular weight is 246 g/mol. The Bertz CT molecular complexity index is 378. The molecule has 1 unspecified atom stereocenters. The number of hydrogen-bond donors (Lipinski definition) is 2. The quantitative estimate of drug-likeness (QED) is 0.786. The fourth-order valence-electron chi connectivity index (χ4n) is 0.804. The van der Waals surface area contributed by atoms with Crippen molar-refractivity contribution in [2.75, 3.05) is 5.75 Å². The van der Waals surface area contributed by atoms with E-state index in [4.69, 9.17) is 10.3 Å². The summed E-state index contributed by atoms with van der Waals surface area (Å²) in [5, 5.41) is 0. The first-order chi connectivity index (χ1) is 7.40. The minimum Gasteiger partial charge on any atom is -0.323 e. The van der Waals surface area contributed by atoms with Crippen molar-refractivity contribution in [3.63, 3.8) is 0 Å². The van der Waals surface area contributed by atoms with E-state index in [1.165, 1.54) is 6.92 Å². The highest BCUT2D eigenvalue weighted by atomic mass is 32.2. The molecule has 1 aromatic rings. The van der Waals surface area contributed by atoms with Crippen molar-refractivity contribution in [2.24, 2.45) is 5.73 Å². The molecule has 0 aliphatic rings. The van der Waals surface area contributed by atoms with Gasteiger partial charge in [0.2, 0.25) is 0 Å². The first-order valence-electron chi connectivity index (χ1n) is 5.02. The SMILES string of the molecule is CCC(N)c1ccccn1.CCS(=O)(=O)O. The monoisotopic (exact) mass is 246 g/mol. The second-order valence-electron chi connectivity index (χ2n) is 3.14. The third-order valence-electron chi connectivity index (χ3n) is 1.87. The lowest BCUT2D eigenvalue weighted by Crippen LogP contribution is -2.09. The fraction of sp³-hybridized carbons (Fsp3) is 0.500. The number of nitrogens with zero attached hydrogens (tertiary/aromatic N) is 1. The van der Waals surface area contributed by atoms with Crippen LogP contribution in [0.1, 0.15) is 32.0 Å². The van der Waals surface area contributed by atoms with Crippen molar-refractivity contribution >= 4 is 10.1 Å².